The molecule has 1 atom stereocenters. The largest absolute Gasteiger partial charge is 0.467 e. The minimum atomic E-state index is -1.02. The molecule has 0 aliphatic heterocycles. The summed E-state index contributed by atoms with van der Waals surface area (Å²) in [6.45, 7) is 0. The van der Waals surface area contributed by atoms with Gasteiger partial charge in [-0.3, -0.25) is 9.59 Å². The number of aromatic nitrogens is 3. The zero-order chi connectivity index (χ0) is 28.6. The van der Waals surface area contributed by atoms with E-state index in [1.54, 1.807) is 36.4 Å². The van der Waals surface area contributed by atoms with Crippen molar-refractivity contribution in [2.45, 2.75) is 31.7 Å². The number of aromatic amines is 1. The lowest BCUT2D eigenvalue weighted by Crippen LogP contribution is -2.42. The number of fused-ring (bicyclic) bond motifs is 1. The first-order chi connectivity index (χ1) is 19.3. The molecule has 0 spiro atoms. The number of H-pyrrole nitrogens is 1. The summed E-state index contributed by atoms with van der Waals surface area (Å²) in [6, 6.07) is 14.5. The zero-order valence-electron chi connectivity index (χ0n) is 21.7. The average Bonchev–Trinajstić information content (AvgIpc) is 3.37. The summed E-state index contributed by atoms with van der Waals surface area (Å²) in [5.74, 6) is -1.07. The molecule has 0 fully saturated rings. The van der Waals surface area contributed by atoms with Crippen molar-refractivity contribution in [1.29, 1.82) is 5.26 Å². The number of anilines is 3. The van der Waals surface area contributed by atoms with E-state index in [0.717, 1.165) is 16.5 Å². The SMILES string of the molecule is COC(=O)[C@H](CCC(=O)Nc1cccc(C#N)c1)NC(=O)c1ccc(CCc2c[nH]c3nc(N)nc(N)c23)cc1. The van der Waals surface area contributed by atoms with Gasteiger partial charge in [0.15, 0.2) is 0 Å². The normalized spacial score (nSPS) is 11.4. The Bertz CT molecular complexity index is 1590. The van der Waals surface area contributed by atoms with Gasteiger partial charge in [0.2, 0.25) is 11.9 Å². The molecule has 204 valence electrons. The monoisotopic (exact) mass is 540 g/mol. The first-order valence-corrected chi connectivity index (χ1v) is 12.4. The van der Waals surface area contributed by atoms with Gasteiger partial charge in [-0.1, -0.05) is 18.2 Å². The van der Waals surface area contributed by atoms with Crippen molar-refractivity contribution in [3.8, 4) is 6.07 Å². The fraction of sp³-hybridized carbons (Fsp3) is 0.214. The number of ether oxygens (including phenoxy) is 1. The number of benzene rings is 2. The predicted molar refractivity (Wildman–Crippen MR) is 149 cm³/mol. The third kappa shape index (κ3) is 6.70. The Balaban J connectivity index is 1.33. The number of rotatable bonds is 10. The third-order valence-electron chi connectivity index (χ3n) is 6.28. The van der Waals surface area contributed by atoms with E-state index < -0.39 is 17.9 Å². The standard InChI is InChI=1S/C28H28N8O4/c1-40-27(39)21(11-12-22(37)33-20-4-2-3-17(13-20)14-29)34-26(38)18-8-5-16(6-9-18)7-10-19-15-32-25-23(19)24(30)35-28(31)36-25/h2-6,8-9,13,15,21H,7,10-12H2,1H3,(H,33,37)(H,34,38)(H5,30,31,32,35,36)/t21-/m0/s1. The van der Waals surface area contributed by atoms with Crippen LogP contribution in [0.15, 0.2) is 54.7 Å². The molecule has 2 heterocycles. The van der Waals surface area contributed by atoms with Crippen LogP contribution >= 0.6 is 0 Å². The van der Waals surface area contributed by atoms with Gasteiger partial charge in [0.1, 0.15) is 17.5 Å². The number of amides is 2. The number of carbonyl (C=O) groups excluding carboxylic acids is 3. The van der Waals surface area contributed by atoms with Crippen molar-refractivity contribution >= 4 is 46.3 Å². The summed E-state index contributed by atoms with van der Waals surface area (Å²) in [5, 5.41) is 15.1. The van der Waals surface area contributed by atoms with Crippen molar-refractivity contribution in [1.82, 2.24) is 20.3 Å². The zero-order valence-corrected chi connectivity index (χ0v) is 21.7. The number of aryl methyl sites for hydroxylation is 2. The Kier molecular flexibility index (Phi) is 8.55. The number of nitrogen functional groups attached to an aromatic ring is 2. The number of nitrogens with two attached hydrogens (primary N) is 2. The van der Waals surface area contributed by atoms with Crippen molar-refractivity contribution in [2.24, 2.45) is 0 Å². The van der Waals surface area contributed by atoms with Gasteiger partial charge in [0, 0.05) is 23.9 Å². The molecular formula is C28H28N8O4. The lowest BCUT2D eigenvalue weighted by atomic mass is 10.0. The van der Waals surface area contributed by atoms with E-state index in [2.05, 4.69) is 25.6 Å². The number of esters is 1. The Morgan fingerprint density at radius 1 is 1.10 bits per heavy atom. The van der Waals surface area contributed by atoms with E-state index in [1.165, 1.54) is 7.11 Å². The summed E-state index contributed by atoms with van der Waals surface area (Å²) in [6.07, 6.45) is 3.15. The van der Waals surface area contributed by atoms with Gasteiger partial charge in [0.25, 0.3) is 5.91 Å². The van der Waals surface area contributed by atoms with E-state index in [9.17, 15) is 14.4 Å². The van der Waals surface area contributed by atoms with Gasteiger partial charge in [0.05, 0.1) is 24.1 Å². The third-order valence-corrected chi connectivity index (χ3v) is 6.28. The van der Waals surface area contributed by atoms with Crippen LogP contribution in [0, 0.1) is 11.3 Å². The Hall–Kier alpha value is -5.44. The van der Waals surface area contributed by atoms with Crippen LogP contribution in [0.5, 0.6) is 0 Å². The minimum absolute atomic E-state index is 0.0311. The van der Waals surface area contributed by atoms with Crippen molar-refractivity contribution in [2.75, 3.05) is 23.9 Å². The maximum atomic E-state index is 12.9. The van der Waals surface area contributed by atoms with Gasteiger partial charge < -0.3 is 31.8 Å². The molecule has 4 rings (SSSR count). The molecule has 12 nitrogen and oxygen atoms in total. The van der Waals surface area contributed by atoms with Crippen LogP contribution in [-0.2, 0) is 27.2 Å². The molecule has 2 amide bonds. The fourth-order valence-corrected chi connectivity index (χ4v) is 4.24. The molecule has 0 saturated heterocycles. The van der Waals surface area contributed by atoms with E-state index in [1.807, 2.05) is 24.4 Å². The molecule has 12 heteroatoms. The van der Waals surface area contributed by atoms with Crippen LogP contribution < -0.4 is 22.1 Å². The highest BCUT2D eigenvalue weighted by Gasteiger charge is 2.23. The maximum absolute atomic E-state index is 12.9. The van der Waals surface area contributed by atoms with Crippen LogP contribution in [0.1, 0.15) is 39.9 Å². The number of nitriles is 1. The molecular weight excluding hydrogens is 512 g/mol. The quantitative estimate of drug-likeness (QED) is 0.187. The summed E-state index contributed by atoms with van der Waals surface area (Å²) in [4.78, 5) is 48.8. The number of nitrogens with one attached hydrogen (secondary N) is 3. The molecule has 0 radical (unpaired) electrons. The lowest BCUT2D eigenvalue weighted by molar-refractivity contribution is -0.143. The molecule has 0 aliphatic rings. The van der Waals surface area contributed by atoms with E-state index in [4.69, 9.17) is 21.5 Å². The van der Waals surface area contributed by atoms with Crippen LogP contribution in [0.3, 0.4) is 0 Å². The topological polar surface area (TPSA) is 202 Å². The second kappa shape index (κ2) is 12.4. The smallest absolute Gasteiger partial charge is 0.328 e. The van der Waals surface area contributed by atoms with Crippen LogP contribution in [0.25, 0.3) is 11.0 Å². The summed E-state index contributed by atoms with van der Waals surface area (Å²) >= 11 is 0. The van der Waals surface area contributed by atoms with Crippen molar-refractivity contribution in [3.63, 3.8) is 0 Å². The van der Waals surface area contributed by atoms with Crippen molar-refractivity contribution in [3.05, 3.63) is 77.0 Å². The van der Waals surface area contributed by atoms with E-state index in [-0.39, 0.29) is 24.7 Å². The highest BCUT2D eigenvalue weighted by Crippen LogP contribution is 2.24. The highest BCUT2D eigenvalue weighted by atomic mass is 16.5. The average molecular weight is 541 g/mol. The second-order valence-electron chi connectivity index (χ2n) is 9.03. The van der Waals surface area contributed by atoms with Crippen LogP contribution in [-0.4, -0.2) is 45.9 Å². The van der Waals surface area contributed by atoms with Gasteiger partial charge in [-0.25, -0.2) is 4.79 Å². The number of nitrogens with zero attached hydrogens (tertiary/aromatic N) is 3. The predicted octanol–water partition coefficient (Wildman–Crippen LogP) is 2.47. The molecule has 4 aromatic rings. The van der Waals surface area contributed by atoms with E-state index in [0.29, 0.717) is 41.1 Å². The van der Waals surface area contributed by atoms with Crippen LogP contribution in [0.4, 0.5) is 17.5 Å². The number of hydrogen-bond donors (Lipinski definition) is 5. The summed E-state index contributed by atoms with van der Waals surface area (Å²) in [5.41, 5.74) is 15.4. The number of hydrogen-bond acceptors (Lipinski definition) is 9. The Morgan fingerprint density at radius 2 is 1.88 bits per heavy atom. The molecule has 40 heavy (non-hydrogen) atoms. The molecule has 0 aliphatic carbocycles. The van der Waals surface area contributed by atoms with Gasteiger partial charge in [-0.15, -0.1) is 0 Å². The highest BCUT2D eigenvalue weighted by molar-refractivity contribution is 5.97. The number of methoxy groups -OCH3 is 1. The van der Waals surface area contributed by atoms with Gasteiger partial charge in [-0.05, 0) is 60.7 Å². The molecule has 0 saturated carbocycles. The fourth-order valence-electron chi connectivity index (χ4n) is 4.24. The molecule has 2 aromatic heterocycles. The molecule has 7 N–H and O–H groups in total. The Morgan fingerprint density at radius 3 is 2.60 bits per heavy atom. The second-order valence-corrected chi connectivity index (χ2v) is 9.03. The van der Waals surface area contributed by atoms with Crippen molar-refractivity contribution < 1.29 is 19.1 Å². The minimum Gasteiger partial charge on any atom is -0.467 e. The molecule has 2 aromatic carbocycles. The van der Waals surface area contributed by atoms with Crippen LogP contribution in [0.2, 0.25) is 0 Å². The van der Waals surface area contributed by atoms with E-state index >= 15 is 0 Å². The number of carbonyl (C=O) groups is 3. The maximum Gasteiger partial charge on any atom is 0.328 e. The molecule has 0 bridgehead atoms. The summed E-state index contributed by atoms with van der Waals surface area (Å²) < 4.78 is 4.81. The first-order valence-electron chi connectivity index (χ1n) is 12.4. The van der Waals surface area contributed by atoms with Gasteiger partial charge in [-0.2, -0.15) is 15.2 Å². The van der Waals surface area contributed by atoms with Gasteiger partial charge >= 0.3 is 5.97 Å². The molecule has 0 unspecified atom stereocenters. The lowest BCUT2D eigenvalue weighted by Gasteiger charge is -2.16. The Labute approximate surface area is 229 Å². The first kappa shape index (κ1) is 27.6. The summed E-state index contributed by atoms with van der Waals surface area (Å²) in [7, 11) is 1.21.